The third-order valence-electron chi connectivity index (χ3n) is 10.6. The summed E-state index contributed by atoms with van der Waals surface area (Å²) in [5.74, 6) is -0.335. The summed E-state index contributed by atoms with van der Waals surface area (Å²) in [7, 11) is 0. The van der Waals surface area contributed by atoms with E-state index in [0.29, 0.717) is 29.3 Å². The Kier molecular flexibility index (Phi) is 17.4. The second kappa shape index (κ2) is 22.7. The molecule has 0 aliphatic carbocycles. The lowest BCUT2D eigenvalue weighted by Gasteiger charge is -2.44. The molecule has 4 heterocycles. The number of aliphatic imine (C=N–C) groups is 1. The Labute approximate surface area is 361 Å². The number of fused-ring (bicyclic) bond motifs is 1. The molecule has 5 rings (SSSR count). The van der Waals surface area contributed by atoms with Crippen LogP contribution in [-0.4, -0.2) is 175 Å². The zero-order valence-electron chi connectivity index (χ0n) is 34.5. The van der Waals surface area contributed by atoms with Crippen molar-refractivity contribution in [3.05, 3.63) is 35.9 Å². The van der Waals surface area contributed by atoms with Crippen LogP contribution in [0.1, 0.15) is 31.7 Å². The molecule has 4 aliphatic heterocycles. The second-order valence-electron chi connectivity index (χ2n) is 15.2. The van der Waals surface area contributed by atoms with E-state index in [0.717, 1.165) is 32.4 Å². The number of aliphatic hydroxyl groups excluding tert-OH is 3. The van der Waals surface area contributed by atoms with Crippen LogP contribution in [0, 0.1) is 0 Å². The van der Waals surface area contributed by atoms with Crippen LogP contribution >= 0.6 is 0 Å². The van der Waals surface area contributed by atoms with Crippen molar-refractivity contribution in [3.8, 4) is 5.75 Å². The van der Waals surface area contributed by atoms with Gasteiger partial charge in [0.2, 0.25) is 12.2 Å². The number of unbranched alkanes of at least 4 members (excludes halogenated alkanes) is 1. The van der Waals surface area contributed by atoms with Crippen LogP contribution in [0.15, 0.2) is 35.3 Å². The van der Waals surface area contributed by atoms with Crippen LogP contribution in [0.5, 0.6) is 5.75 Å². The number of urea groups is 4. The molecular weight excluding hydrogens is 834 g/mol. The highest BCUT2D eigenvalue weighted by atomic mass is 16.7. The van der Waals surface area contributed by atoms with Crippen molar-refractivity contribution >= 4 is 42.1 Å². The minimum atomic E-state index is -1.64. The molecule has 26 heteroatoms. The molecule has 0 saturated carbocycles. The van der Waals surface area contributed by atoms with E-state index in [1.807, 2.05) is 0 Å². The molecule has 1 aromatic carbocycles. The Morgan fingerprint density at radius 2 is 1.65 bits per heavy atom. The molecule has 63 heavy (non-hydrogen) atoms. The maximum atomic E-state index is 13.4. The zero-order valence-corrected chi connectivity index (χ0v) is 34.5. The Morgan fingerprint density at radius 3 is 2.33 bits per heavy atom. The number of aliphatic hydroxyl groups is 3. The number of imide groups is 1. The Hall–Kier alpha value is -5.58. The predicted octanol–water partition coefficient (Wildman–Crippen LogP) is -4.97. The van der Waals surface area contributed by atoms with Gasteiger partial charge in [0.1, 0.15) is 42.2 Å². The van der Waals surface area contributed by atoms with Gasteiger partial charge < -0.3 is 99.6 Å². The Morgan fingerprint density at radius 1 is 0.921 bits per heavy atom. The first kappa shape index (κ1) is 48.5. The Balaban J connectivity index is 1.15. The molecule has 350 valence electrons. The zero-order chi connectivity index (χ0) is 45.8. The van der Waals surface area contributed by atoms with Crippen molar-refractivity contribution in [1.82, 2.24) is 36.8 Å². The average molecular weight is 894 g/mol. The van der Waals surface area contributed by atoms with E-state index in [2.05, 4.69) is 36.9 Å². The number of amides is 9. The molecule has 1 aromatic rings. The summed E-state index contributed by atoms with van der Waals surface area (Å²) >= 11 is 0. The monoisotopic (exact) mass is 893 g/mol. The van der Waals surface area contributed by atoms with Gasteiger partial charge in [-0.2, -0.15) is 0 Å². The number of ether oxygens (including phenoxy) is 5. The van der Waals surface area contributed by atoms with E-state index in [1.54, 1.807) is 37.3 Å². The summed E-state index contributed by atoms with van der Waals surface area (Å²) in [5.41, 5.74) is 28.3. The molecule has 19 N–H and O–H groups in total. The van der Waals surface area contributed by atoms with Gasteiger partial charge in [-0.1, -0.05) is 12.1 Å². The number of guanidine groups is 1. The molecule has 4 aliphatic rings. The van der Waals surface area contributed by atoms with Crippen LogP contribution in [0.3, 0.4) is 0 Å². The minimum absolute atomic E-state index is 0.243. The number of primary amides is 2. The van der Waals surface area contributed by atoms with Gasteiger partial charge in [0.25, 0.3) is 0 Å². The summed E-state index contributed by atoms with van der Waals surface area (Å²) < 4.78 is 29.3. The van der Waals surface area contributed by atoms with Gasteiger partial charge in [-0.3, -0.25) is 4.79 Å². The van der Waals surface area contributed by atoms with Gasteiger partial charge in [0.05, 0.1) is 37.5 Å². The molecule has 4 fully saturated rings. The van der Waals surface area contributed by atoms with Crippen molar-refractivity contribution in [2.24, 2.45) is 33.7 Å². The minimum Gasteiger partial charge on any atom is -0.462 e. The number of rotatable bonds is 18. The summed E-state index contributed by atoms with van der Waals surface area (Å²) in [6.45, 7) is 3.66. The predicted molar refractivity (Wildman–Crippen MR) is 221 cm³/mol. The van der Waals surface area contributed by atoms with Gasteiger partial charge in [-0.25, -0.2) is 29.1 Å². The summed E-state index contributed by atoms with van der Waals surface area (Å²) in [5, 5.41) is 49.1. The van der Waals surface area contributed by atoms with Crippen molar-refractivity contribution in [3.63, 3.8) is 0 Å². The van der Waals surface area contributed by atoms with E-state index in [9.17, 15) is 39.3 Å². The number of hydrogen-bond donors (Lipinski definition) is 14. The van der Waals surface area contributed by atoms with Crippen molar-refractivity contribution in [2.45, 2.75) is 106 Å². The van der Waals surface area contributed by atoms with Crippen LogP contribution in [0.4, 0.5) is 19.2 Å². The van der Waals surface area contributed by atoms with Gasteiger partial charge in [0.15, 0.2) is 18.5 Å². The molecule has 0 aromatic heterocycles. The largest absolute Gasteiger partial charge is 0.462 e. The summed E-state index contributed by atoms with van der Waals surface area (Å²) in [6, 6.07) is -3.56. The topological polar surface area (TPSA) is 410 Å². The highest BCUT2D eigenvalue weighted by molar-refractivity contribution is 5.95. The molecule has 26 nitrogen and oxygen atoms in total. The first-order chi connectivity index (χ1) is 30.1. The van der Waals surface area contributed by atoms with Crippen LogP contribution in [0.2, 0.25) is 0 Å². The third-order valence-corrected chi connectivity index (χ3v) is 10.6. The Bertz CT molecular complexity index is 1790. The highest BCUT2D eigenvalue weighted by Crippen LogP contribution is 2.30. The van der Waals surface area contributed by atoms with Gasteiger partial charge in [-0.05, 0) is 69.6 Å². The molecule has 13 unspecified atom stereocenters. The maximum absolute atomic E-state index is 13.4. The van der Waals surface area contributed by atoms with Crippen molar-refractivity contribution in [1.29, 1.82) is 0 Å². The smallest absolute Gasteiger partial charge is 0.326 e. The van der Waals surface area contributed by atoms with E-state index in [-0.39, 0.29) is 12.5 Å². The lowest BCUT2D eigenvalue weighted by Crippen LogP contribution is -2.69. The number of carbonyl (C=O) groups excluding carboxylic acids is 5. The highest BCUT2D eigenvalue weighted by Gasteiger charge is 2.55. The fourth-order valence-corrected chi connectivity index (χ4v) is 7.46. The fourth-order valence-electron chi connectivity index (χ4n) is 7.46. The third kappa shape index (κ3) is 13.0. The van der Waals surface area contributed by atoms with E-state index in [4.69, 9.17) is 52.4 Å². The average Bonchev–Trinajstić information content (AvgIpc) is 3.60. The number of nitrogens with two attached hydrogens (primary N) is 5. The quantitative estimate of drug-likeness (QED) is 0.0284. The molecule has 0 spiro atoms. The number of hydrogen-bond acceptors (Lipinski definition) is 16. The lowest BCUT2D eigenvalue weighted by atomic mass is 9.95. The number of nitrogens with zero attached hydrogens (tertiary/aromatic N) is 2. The van der Waals surface area contributed by atoms with Crippen LogP contribution in [0.25, 0.3) is 6.08 Å². The summed E-state index contributed by atoms with van der Waals surface area (Å²) in [4.78, 5) is 67.0. The molecular formula is C37H59N13O13. The van der Waals surface area contributed by atoms with Crippen molar-refractivity contribution in [2.75, 3.05) is 39.4 Å². The molecule has 4 saturated heterocycles. The number of benzene rings is 1. The SMILES string of the molecule is CC1OC(Oc2ccc(/C=C\C(=O)NCCCNCCCCN)cc2)C(N=C(N)N)C(O)C1NC(=O)NC1OCC(OC2OCC(O)C3NC(=O)N(C(N)=O)C23)C(O)C1NC(N)=O. The van der Waals surface area contributed by atoms with E-state index in [1.165, 1.54) is 6.08 Å². The van der Waals surface area contributed by atoms with E-state index < -0.39 is 116 Å². The summed E-state index contributed by atoms with van der Waals surface area (Å²) in [6.07, 6.45) is -4.85. The molecule has 9 amide bonds. The normalized spacial score (nSPS) is 31.6. The van der Waals surface area contributed by atoms with Crippen molar-refractivity contribution < 1.29 is 63.0 Å². The molecule has 0 radical (unpaired) electrons. The second-order valence-corrected chi connectivity index (χ2v) is 15.2. The fraction of sp³-hybridized carbons (Fsp3) is 0.622. The van der Waals surface area contributed by atoms with Crippen LogP contribution in [-0.2, 0) is 23.7 Å². The first-order valence-electron chi connectivity index (χ1n) is 20.4. The van der Waals surface area contributed by atoms with Gasteiger partial charge in [0, 0.05) is 12.6 Å². The van der Waals surface area contributed by atoms with E-state index >= 15 is 0 Å². The molecule has 0 bridgehead atoms. The lowest BCUT2D eigenvalue weighted by molar-refractivity contribution is -0.268. The number of carbonyl (C=O) groups is 5. The maximum Gasteiger partial charge on any atom is 0.326 e. The standard InChI is InChI=1S/C37H59N13O13/c1-17-23(29(54)26(45-33(39)40)31(61-17)62-19-8-5-18(6-9-19)7-10-22(52)44-14-4-13-43-12-3-2-11-38)47-36(57)49-30-25(46-34(41)55)28(53)21(16-59-30)63-32-27-24(20(51)15-60-32)48-37(58)50(27)35(42)56/h5-10,17,20-21,23-32,43,51,53-54H,2-4,11-16,38H2,1H3,(H2,42,56)(H,44,52)(H,48,58)(H4,39,40,45)(H3,41,46,55)(H2,47,49,57)/b10-7-. The van der Waals surface area contributed by atoms with Gasteiger partial charge in [-0.15, -0.1) is 0 Å². The molecule has 13 atom stereocenters. The van der Waals surface area contributed by atoms with Crippen LogP contribution < -0.4 is 65.3 Å². The van der Waals surface area contributed by atoms with Gasteiger partial charge >= 0.3 is 24.1 Å². The first-order valence-corrected chi connectivity index (χ1v) is 20.4. The number of nitrogens with one attached hydrogen (secondary N) is 6.